The largest absolute Gasteiger partial charge is 0.573 e. The van der Waals surface area contributed by atoms with Gasteiger partial charge < -0.3 is 15.0 Å². The van der Waals surface area contributed by atoms with Gasteiger partial charge in [-0.15, -0.1) is 13.2 Å². The Morgan fingerprint density at radius 1 is 1.29 bits per heavy atom. The van der Waals surface area contributed by atoms with Crippen molar-refractivity contribution in [2.24, 2.45) is 5.92 Å². The Morgan fingerprint density at radius 2 is 2.00 bits per heavy atom. The first-order chi connectivity index (χ1) is 11.3. The molecule has 132 valence electrons. The number of piperazine rings is 1. The molecule has 0 spiro atoms. The van der Waals surface area contributed by atoms with Gasteiger partial charge in [-0.25, -0.2) is 0 Å². The van der Waals surface area contributed by atoms with Gasteiger partial charge in [0, 0.05) is 31.1 Å². The second kappa shape index (κ2) is 6.27. The van der Waals surface area contributed by atoms with Crippen molar-refractivity contribution in [3.63, 3.8) is 0 Å². The zero-order chi connectivity index (χ0) is 17.5. The van der Waals surface area contributed by atoms with Gasteiger partial charge in [0.15, 0.2) is 0 Å². The van der Waals surface area contributed by atoms with Crippen molar-refractivity contribution < 1.29 is 22.7 Å². The molecule has 3 rings (SSSR count). The molecule has 1 N–H and O–H groups in total. The van der Waals surface area contributed by atoms with E-state index in [-0.39, 0.29) is 35.6 Å². The summed E-state index contributed by atoms with van der Waals surface area (Å²) in [4.78, 5) is 14.6. The van der Waals surface area contributed by atoms with Crippen molar-refractivity contribution in [1.82, 2.24) is 10.2 Å². The van der Waals surface area contributed by atoms with Gasteiger partial charge in [0.25, 0.3) is 0 Å². The number of amides is 1. The number of rotatable bonds is 3. The Labute approximate surface area is 139 Å². The molecule has 1 aromatic carbocycles. The minimum absolute atomic E-state index is 0.0302. The fourth-order valence-electron chi connectivity index (χ4n) is 3.40. The normalized spacial score (nSPS) is 30.1. The molecule has 1 heterocycles. The molecule has 1 saturated heterocycles. The van der Waals surface area contributed by atoms with E-state index in [0.29, 0.717) is 18.5 Å². The van der Waals surface area contributed by atoms with E-state index in [1.54, 1.807) is 12.1 Å². The lowest BCUT2D eigenvalue weighted by molar-refractivity contribution is -0.274. The molecule has 1 amide bonds. The Kier molecular flexibility index (Phi) is 4.46. The summed E-state index contributed by atoms with van der Waals surface area (Å²) in [5.41, 5.74) is 0.462. The summed E-state index contributed by atoms with van der Waals surface area (Å²) in [7, 11) is 0. The highest BCUT2D eigenvalue weighted by Gasteiger charge is 2.49. The molecule has 2 aliphatic rings. The Hall–Kier alpha value is -1.76. The number of nitrogens with one attached hydrogen (secondary N) is 1. The smallest absolute Gasteiger partial charge is 0.405 e. The van der Waals surface area contributed by atoms with Gasteiger partial charge in [-0.2, -0.15) is 0 Å². The summed E-state index contributed by atoms with van der Waals surface area (Å²) in [6.45, 7) is 5.39. The van der Waals surface area contributed by atoms with Gasteiger partial charge in [0.1, 0.15) is 5.75 Å². The van der Waals surface area contributed by atoms with Crippen molar-refractivity contribution in [3.05, 3.63) is 29.8 Å². The number of nitrogens with zero attached hydrogens (tertiary/aromatic N) is 1. The fraction of sp³-hybridized carbons (Fsp3) is 0.588. The molecule has 7 heteroatoms. The summed E-state index contributed by atoms with van der Waals surface area (Å²) in [6, 6.07) is 6.38. The lowest BCUT2D eigenvalue weighted by atomic mass is 10.0. The van der Waals surface area contributed by atoms with Crippen LogP contribution in [-0.2, 0) is 4.79 Å². The molecular formula is C17H21F3N2O2. The van der Waals surface area contributed by atoms with Crippen LogP contribution >= 0.6 is 0 Å². The average molecular weight is 342 g/mol. The molecule has 2 fully saturated rings. The third-order valence-electron chi connectivity index (χ3n) is 4.97. The van der Waals surface area contributed by atoms with Crippen LogP contribution < -0.4 is 10.1 Å². The van der Waals surface area contributed by atoms with Gasteiger partial charge in [-0.1, -0.05) is 18.2 Å². The molecular weight excluding hydrogens is 321 g/mol. The van der Waals surface area contributed by atoms with Crippen molar-refractivity contribution in [3.8, 4) is 5.75 Å². The molecule has 24 heavy (non-hydrogen) atoms. The van der Waals surface area contributed by atoms with Gasteiger partial charge >= 0.3 is 6.36 Å². The molecule has 0 bridgehead atoms. The van der Waals surface area contributed by atoms with Gasteiger partial charge in [-0.3, -0.25) is 4.79 Å². The maximum Gasteiger partial charge on any atom is 0.573 e. The second-order valence-electron chi connectivity index (χ2n) is 6.55. The van der Waals surface area contributed by atoms with Crippen LogP contribution in [-0.4, -0.2) is 42.3 Å². The van der Waals surface area contributed by atoms with E-state index in [0.717, 1.165) is 6.54 Å². The number of hydrogen-bond donors (Lipinski definition) is 1. The molecule has 1 aliphatic heterocycles. The first-order valence-corrected chi connectivity index (χ1v) is 8.16. The molecule has 1 aromatic rings. The molecule has 4 nitrogen and oxygen atoms in total. The number of ether oxygens (including phenoxy) is 1. The van der Waals surface area contributed by atoms with E-state index in [1.807, 2.05) is 18.7 Å². The number of halogens is 3. The van der Waals surface area contributed by atoms with Crippen LogP contribution in [0.3, 0.4) is 0 Å². The Balaban J connectivity index is 1.72. The topological polar surface area (TPSA) is 41.6 Å². The number of carbonyl (C=O) groups is 1. The molecule has 1 aliphatic carbocycles. The molecule has 4 unspecified atom stereocenters. The highest BCUT2D eigenvalue weighted by Crippen LogP contribution is 2.52. The predicted molar refractivity (Wildman–Crippen MR) is 82.6 cm³/mol. The minimum Gasteiger partial charge on any atom is -0.405 e. The molecule has 0 aromatic heterocycles. The summed E-state index contributed by atoms with van der Waals surface area (Å²) in [6.07, 6.45) is -4.16. The second-order valence-corrected chi connectivity index (χ2v) is 6.55. The number of hydrogen-bond acceptors (Lipinski definition) is 3. The number of carbonyl (C=O) groups excluding carboxylic acids is 1. The lowest BCUT2D eigenvalue weighted by Crippen LogP contribution is -2.57. The van der Waals surface area contributed by atoms with Gasteiger partial charge in [-0.05, 0) is 37.8 Å². The van der Waals surface area contributed by atoms with Crippen molar-refractivity contribution in [2.75, 3.05) is 13.1 Å². The maximum absolute atomic E-state index is 12.7. The van der Waals surface area contributed by atoms with Crippen LogP contribution in [0.4, 0.5) is 13.2 Å². The fourth-order valence-corrected chi connectivity index (χ4v) is 3.40. The predicted octanol–water partition coefficient (Wildman–Crippen LogP) is 2.90. The highest BCUT2D eigenvalue weighted by molar-refractivity contribution is 5.83. The van der Waals surface area contributed by atoms with E-state index in [2.05, 4.69) is 10.1 Å². The third kappa shape index (κ3) is 3.50. The first-order valence-electron chi connectivity index (χ1n) is 8.16. The van der Waals surface area contributed by atoms with Crippen LogP contribution in [0.25, 0.3) is 0 Å². The van der Waals surface area contributed by atoms with Crippen molar-refractivity contribution in [2.45, 2.75) is 44.6 Å². The highest BCUT2D eigenvalue weighted by atomic mass is 19.4. The van der Waals surface area contributed by atoms with Gasteiger partial charge in [0.2, 0.25) is 5.91 Å². The number of para-hydroxylation sites is 1. The molecule has 0 radical (unpaired) electrons. The minimum atomic E-state index is -4.73. The molecule has 1 saturated carbocycles. The summed E-state index contributed by atoms with van der Waals surface area (Å²) >= 11 is 0. The average Bonchev–Trinajstić information content (AvgIpc) is 3.29. The van der Waals surface area contributed by atoms with Crippen LogP contribution in [0.2, 0.25) is 0 Å². The zero-order valence-corrected chi connectivity index (χ0v) is 13.6. The summed E-state index contributed by atoms with van der Waals surface area (Å²) < 4.78 is 41.7. The van der Waals surface area contributed by atoms with E-state index >= 15 is 0 Å². The summed E-state index contributed by atoms with van der Waals surface area (Å²) in [5.74, 6) is -0.626. The van der Waals surface area contributed by atoms with Crippen molar-refractivity contribution >= 4 is 5.91 Å². The van der Waals surface area contributed by atoms with Crippen LogP contribution in [0.15, 0.2) is 24.3 Å². The monoisotopic (exact) mass is 342 g/mol. The Morgan fingerprint density at radius 3 is 2.71 bits per heavy atom. The van der Waals surface area contributed by atoms with Crippen LogP contribution in [0.5, 0.6) is 5.75 Å². The zero-order valence-electron chi connectivity index (χ0n) is 13.6. The van der Waals surface area contributed by atoms with Crippen LogP contribution in [0, 0.1) is 5.92 Å². The Bertz CT molecular complexity index is 620. The SMILES string of the molecule is CC1NCCN(C(=O)C2CC2c2ccccc2OC(F)(F)F)C1C. The van der Waals surface area contributed by atoms with Gasteiger partial charge in [0.05, 0.1) is 0 Å². The standard InChI is InChI=1S/C17H21F3N2O2/c1-10-11(2)22(8-7-21-10)16(23)14-9-13(14)12-5-3-4-6-15(12)24-17(18,19)20/h3-6,10-11,13-14,21H,7-9H2,1-2H3. The number of benzene rings is 1. The first kappa shape index (κ1) is 17.1. The third-order valence-corrected chi connectivity index (χ3v) is 4.97. The van der Waals surface area contributed by atoms with E-state index < -0.39 is 6.36 Å². The molecule has 4 atom stereocenters. The van der Waals surface area contributed by atoms with Crippen molar-refractivity contribution in [1.29, 1.82) is 0 Å². The van der Waals surface area contributed by atoms with E-state index in [4.69, 9.17) is 0 Å². The maximum atomic E-state index is 12.7. The van der Waals surface area contributed by atoms with E-state index in [9.17, 15) is 18.0 Å². The lowest BCUT2D eigenvalue weighted by Gasteiger charge is -2.39. The van der Waals surface area contributed by atoms with E-state index in [1.165, 1.54) is 12.1 Å². The summed E-state index contributed by atoms with van der Waals surface area (Å²) in [5, 5.41) is 3.31. The quantitative estimate of drug-likeness (QED) is 0.918. The number of alkyl halides is 3. The van der Waals surface area contributed by atoms with Crippen LogP contribution in [0.1, 0.15) is 31.7 Å².